The minimum Gasteiger partial charge on any atom is -0.462 e. The van der Waals surface area contributed by atoms with Crippen LogP contribution in [-0.2, 0) is 11.8 Å². The van der Waals surface area contributed by atoms with E-state index in [4.69, 9.17) is 4.74 Å². The summed E-state index contributed by atoms with van der Waals surface area (Å²) in [4.78, 5) is 31.8. The number of halogens is 1. The molecule has 0 saturated carbocycles. The first-order valence-electron chi connectivity index (χ1n) is 11.3. The summed E-state index contributed by atoms with van der Waals surface area (Å²) in [6.45, 7) is 3.87. The highest BCUT2D eigenvalue weighted by atomic mass is 19.1. The second-order valence-electron chi connectivity index (χ2n) is 8.42. The average molecular weight is 461 g/mol. The summed E-state index contributed by atoms with van der Waals surface area (Å²) in [7, 11) is 1.72. The van der Waals surface area contributed by atoms with Crippen molar-refractivity contribution in [2.24, 2.45) is 7.05 Å². The lowest BCUT2D eigenvalue weighted by Crippen LogP contribution is -2.46. The predicted octanol–water partition coefficient (Wildman–Crippen LogP) is 3.55. The number of piperazine rings is 1. The molecule has 0 spiro atoms. The van der Waals surface area contributed by atoms with E-state index in [0.29, 0.717) is 35.3 Å². The summed E-state index contributed by atoms with van der Waals surface area (Å²) in [5.41, 5.74) is 2.10. The van der Waals surface area contributed by atoms with Crippen LogP contribution in [0, 0.1) is 5.82 Å². The fourth-order valence-electron chi connectivity index (χ4n) is 4.54. The Bertz CT molecular complexity index is 1450. The Morgan fingerprint density at radius 1 is 1.24 bits per heavy atom. The second kappa shape index (κ2) is 8.87. The number of nitrogens with zero attached hydrogens (tertiary/aromatic N) is 3. The van der Waals surface area contributed by atoms with Gasteiger partial charge in [0.25, 0.3) is 0 Å². The highest BCUT2D eigenvalue weighted by Gasteiger charge is 2.24. The van der Waals surface area contributed by atoms with Crippen molar-refractivity contribution in [1.82, 2.24) is 14.9 Å². The standard InChI is InChI=1S/C26H25FN4O3/c1-3-34-26(33)19-14-30(2)25-18(24(19)32)11-17-12-20(27)23(13-21(17)29-25)31-10-9-28-22(15-31)16-7-5-4-6-8-16/h4-8,11-14,22,28H,3,9-10,15H2,1-2H3/t22-/m0/s1. The molecule has 1 fully saturated rings. The minimum atomic E-state index is -0.682. The van der Waals surface area contributed by atoms with Gasteiger partial charge in [-0.3, -0.25) is 4.79 Å². The lowest BCUT2D eigenvalue weighted by Gasteiger charge is -2.35. The molecule has 1 aliphatic rings. The van der Waals surface area contributed by atoms with Gasteiger partial charge in [0.2, 0.25) is 5.43 Å². The molecule has 4 aromatic rings. The molecule has 1 N–H and O–H groups in total. The fourth-order valence-corrected chi connectivity index (χ4v) is 4.54. The Morgan fingerprint density at radius 2 is 2.03 bits per heavy atom. The molecular weight excluding hydrogens is 435 g/mol. The van der Waals surface area contributed by atoms with Crippen LogP contribution in [-0.4, -0.2) is 41.8 Å². The summed E-state index contributed by atoms with van der Waals surface area (Å²) in [5, 5.41) is 4.25. The number of fused-ring (bicyclic) bond motifs is 2. The Morgan fingerprint density at radius 3 is 2.79 bits per heavy atom. The second-order valence-corrected chi connectivity index (χ2v) is 8.42. The molecule has 5 rings (SSSR count). The first-order valence-corrected chi connectivity index (χ1v) is 11.3. The number of aryl methyl sites for hydroxylation is 1. The largest absolute Gasteiger partial charge is 0.462 e. The van der Waals surface area contributed by atoms with Gasteiger partial charge in [-0.05, 0) is 30.7 Å². The monoisotopic (exact) mass is 460 g/mol. The van der Waals surface area contributed by atoms with Crippen molar-refractivity contribution in [3.63, 3.8) is 0 Å². The topological polar surface area (TPSA) is 76.5 Å². The normalized spacial score (nSPS) is 16.2. The summed E-state index contributed by atoms with van der Waals surface area (Å²) < 4.78 is 21.9. The maximum absolute atomic E-state index is 15.3. The molecule has 0 amide bonds. The highest BCUT2D eigenvalue weighted by molar-refractivity contribution is 5.97. The van der Waals surface area contributed by atoms with E-state index < -0.39 is 11.4 Å². The summed E-state index contributed by atoms with van der Waals surface area (Å²) in [5.74, 6) is -1.06. The molecule has 0 radical (unpaired) electrons. The van der Waals surface area contributed by atoms with Gasteiger partial charge in [-0.2, -0.15) is 0 Å². The van der Waals surface area contributed by atoms with Crippen LogP contribution in [0.4, 0.5) is 10.1 Å². The smallest absolute Gasteiger partial charge is 0.343 e. The van der Waals surface area contributed by atoms with Crippen molar-refractivity contribution in [3.05, 3.63) is 81.9 Å². The van der Waals surface area contributed by atoms with E-state index in [1.807, 2.05) is 23.1 Å². The Hall–Kier alpha value is -3.78. The maximum atomic E-state index is 15.3. The number of pyridine rings is 2. The molecule has 1 aliphatic heterocycles. The minimum absolute atomic E-state index is 0.0668. The molecule has 8 heteroatoms. The van der Waals surface area contributed by atoms with Gasteiger partial charge < -0.3 is 19.5 Å². The summed E-state index contributed by atoms with van der Waals surface area (Å²) >= 11 is 0. The van der Waals surface area contributed by atoms with Crippen LogP contribution < -0.4 is 15.6 Å². The van der Waals surface area contributed by atoms with Crippen LogP contribution in [0.3, 0.4) is 0 Å². The first kappa shape index (κ1) is 22.0. The van der Waals surface area contributed by atoms with E-state index in [9.17, 15) is 9.59 Å². The molecule has 1 saturated heterocycles. The fraction of sp³-hybridized carbons (Fsp3) is 0.269. The van der Waals surface area contributed by atoms with Crippen LogP contribution in [0.15, 0.2) is 59.5 Å². The van der Waals surface area contributed by atoms with Gasteiger partial charge in [-0.15, -0.1) is 0 Å². The molecule has 34 heavy (non-hydrogen) atoms. The average Bonchev–Trinajstić information content (AvgIpc) is 2.85. The third kappa shape index (κ3) is 3.90. The van der Waals surface area contributed by atoms with Crippen molar-refractivity contribution in [2.45, 2.75) is 13.0 Å². The molecule has 7 nitrogen and oxygen atoms in total. The number of anilines is 1. The molecule has 2 aromatic carbocycles. The van der Waals surface area contributed by atoms with Gasteiger partial charge in [0.05, 0.1) is 23.2 Å². The number of esters is 1. The SMILES string of the molecule is CCOC(=O)c1cn(C)c2nc3cc(N4CCN[C@H](c5ccccc5)C4)c(F)cc3cc2c1=O. The number of benzene rings is 2. The predicted molar refractivity (Wildman–Crippen MR) is 130 cm³/mol. The number of nitrogens with one attached hydrogen (secondary N) is 1. The maximum Gasteiger partial charge on any atom is 0.343 e. The molecule has 0 bridgehead atoms. The quantitative estimate of drug-likeness (QED) is 0.371. The Labute approximate surface area is 195 Å². The molecule has 0 aliphatic carbocycles. The molecular formula is C26H25FN4O3. The van der Waals surface area contributed by atoms with Crippen molar-refractivity contribution >= 4 is 33.6 Å². The van der Waals surface area contributed by atoms with Crippen molar-refractivity contribution in [1.29, 1.82) is 0 Å². The van der Waals surface area contributed by atoms with Gasteiger partial charge in [0.15, 0.2) is 0 Å². The number of carbonyl (C=O) groups is 1. The molecule has 0 unspecified atom stereocenters. The number of hydrogen-bond donors (Lipinski definition) is 1. The zero-order valence-corrected chi connectivity index (χ0v) is 19.0. The van der Waals surface area contributed by atoms with Crippen LogP contribution in [0.25, 0.3) is 21.9 Å². The van der Waals surface area contributed by atoms with E-state index in [0.717, 1.165) is 12.1 Å². The van der Waals surface area contributed by atoms with Crippen molar-refractivity contribution in [3.8, 4) is 0 Å². The van der Waals surface area contributed by atoms with Crippen LogP contribution >= 0.6 is 0 Å². The van der Waals surface area contributed by atoms with E-state index in [1.165, 1.54) is 12.3 Å². The lowest BCUT2D eigenvalue weighted by molar-refractivity contribution is 0.0524. The molecule has 3 heterocycles. The third-order valence-electron chi connectivity index (χ3n) is 6.22. The van der Waals surface area contributed by atoms with Crippen molar-refractivity contribution < 1.29 is 13.9 Å². The molecule has 1 atom stereocenters. The number of carbonyl (C=O) groups excluding carboxylic acids is 1. The van der Waals surface area contributed by atoms with Crippen LogP contribution in [0.2, 0.25) is 0 Å². The zero-order valence-electron chi connectivity index (χ0n) is 19.0. The number of rotatable bonds is 4. The van der Waals surface area contributed by atoms with Crippen molar-refractivity contribution in [2.75, 3.05) is 31.1 Å². The van der Waals surface area contributed by atoms with Gasteiger partial charge in [0, 0.05) is 44.3 Å². The van der Waals surface area contributed by atoms with Gasteiger partial charge in [-0.25, -0.2) is 14.2 Å². The number of aromatic nitrogens is 2. The molecule has 174 valence electrons. The zero-order chi connectivity index (χ0) is 23.8. The Balaban J connectivity index is 1.57. The Kier molecular flexibility index (Phi) is 5.75. The molecule has 2 aromatic heterocycles. The first-order chi connectivity index (χ1) is 16.5. The van der Waals surface area contributed by atoms with E-state index in [-0.39, 0.29) is 29.4 Å². The summed E-state index contributed by atoms with van der Waals surface area (Å²) in [6, 6.07) is 14.9. The number of hydrogen-bond acceptors (Lipinski definition) is 6. The van der Waals surface area contributed by atoms with Crippen LogP contribution in [0.1, 0.15) is 28.9 Å². The van der Waals surface area contributed by atoms with Gasteiger partial charge in [0.1, 0.15) is 17.0 Å². The third-order valence-corrected chi connectivity index (χ3v) is 6.22. The van der Waals surface area contributed by atoms with E-state index in [1.54, 1.807) is 30.7 Å². The van der Waals surface area contributed by atoms with E-state index >= 15 is 4.39 Å². The number of ether oxygens (including phenoxy) is 1. The summed E-state index contributed by atoms with van der Waals surface area (Å²) in [6.07, 6.45) is 1.44. The van der Waals surface area contributed by atoms with E-state index in [2.05, 4.69) is 22.4 Å². The van der Waals surface area contributed by atoms with Gasteiger partial charge >= 0.3 is 5.97 Å². The van der Waals surface area contributed by atoms with Gasteiger partial charge in [-0.1, -0.05) is 30.3 Å². The highest BCUT2D eigenvalue weighted by Crippen LogP contribution is 2.29. The van der Waals surface area contributed by atoms with Crippen LogP contribution in [0.5, 0.6) is 0 Å². The lowest BCUT2D eigenvalue weighted by atomic mass is 10.0.